The van der Waals surface area contributed by atoms with Crippen LogP contribution in [0.1, 0.15) is 53.5 Å². The van der Waals surface area contributed by atoms with E-state index in [9.17, 15) is 9.59 Å². The molecule has 2 aromatic rings. The minimum atomic E-state index is -1.26. The Kier molecular flexibility index (Phi) is 8.22. The summed E-state index contributed by atoms with van der Waals surface area (Å²) in [4.78, 5) is 21.7. The second kappa shape index (κ2) is 11.0. The first kappa shape index (κ1) is 26.3. The van der Waals surface area contributed by atoms with Crippen LogP contribution in [0.25, 0.3) is 0 Å². The summed E-state index contributed by atoms with van der Waals surface area (Å²) in [6.45, 7) is 11.9. The van der Waals surface area contributed by atoms with Gasteiger partial charge in [0.2, 0.25) is 0 Å². The number of nitrogens with two attached hydrogens (primary N) is 1. The lowest BCUT2D eigenvalue weighted by molar-refractivity contribution is -0.134. The molecule has 0 spiro atoms. The van der Waals surface area contributed by atoms with Gasteiger partial charge >= 0.3 is 11.9 Å². The van der Waals surface area contributed by atoms with Crippen molar-refractivity contribution in [2.24, 2.45) is 0 Å². The molecular formula is C28H36N2O5. The summed E-state index contributed by atoms with van der Waals surface area (Å²) in [6.07, 6.45) is 4.54. The number of fused-ring (bicyclic) bond motifs is 1. The van der Waals surface area contributed by atoms with E-state index in [1.54, 1.807) is 0 Å². The van der Waals surface area contributed by atoms with Crippen LogP contribution in [0.5, 0.6) is 5.75 Å². The highest BCUT2D eigenvalue weighted by atomic mass is 16.5. The van der Waals surface area contributed by atoms with Crippen LogP contribution in [-0.4, -0.2) is 52.3 Å². The van der Waals surface area contributed by atoms with Crippen molar-refractivity contribution in [3.8, 4) is 5.75 Å². The number of aliphatic carboxylic acids is 2. The van der Waals surface area contributed by atoms with E-state index in [2.05, 4.69) is 62.9 Å². The van der Waals surface area contributed by atoms with Gasteiger partial charge in [0.1, 0.15) is 11.4 Å². The highest BCUT2D eigenvalue weighted by Gasteiger charge is 2.39. The lowest BCUT2D eigenvalue weighted by Gasteiger charge is -2.37. The van der Waals surface area contributed by atoms with Crippen molar-refractivity contribution in [1.82, 2.24) is 4.90 Å². The Morgan fingerprint density at radius 3 is 2.14 bits per heavy atom. The summed E-state index contributed by atoms with van der Waals surface area (Å²) in [7, 11) is 0. The van der Waals surface area contributed by atoms with Crippen LogP contribution < -0.4 is 10.5 Å². The molecule has 7 nitrogen and oxygen atoms in total. The largest absolute Gasteiger partial charge is 0.485 e. The Labute approximate surface area is 207 Å². The van der Waals surface area contributed by atoms with Crippen LogP contribution >= 0.6 is 0 Å². The lowest BCUT2D eigenvalue weighted by atomic mass is 9.88. The maximum Gasteiger partial charge on any atom is 0.328 e. The van der Waals surface area contributed by atoms with Gasteiger partial charge in [-0.3, -0.25) is 4.90 Å². The molecule has 0 saturated carbocycles. The number of likely N-dealkylation sites (tertiary alicyclic amines) is 1. The number of rotatable bonds is 5. The number of anilines is 1. The van der Waals surface area contributed by atoms with Gasteiger partial charge in [-0.05, 0) is 81.8 Å². The van der Waals surface area contributed by atoms with Crippen LogP contribution in [0.3, 0.4) is 0 Å². The molecule has 2 heterocycles. The standard InChI is InChI=1S/C24H32N2O.C4H4O4/c1-16-17(2)23-21(18(3)22(16)25)14-24(4,27-23)15-26-12-10-20(11-13-26)19-8-6-5-7-9-19;5-3(6)1-2-4(7)8/h5-9,20H,10-15,25H2,1-4H3;1-2H,(H,5,6)(H,7,8)/t24-;/m0./s1. The number of hydrogen-bond donors (Lipinski definition) is 3. The van der Waals surface area contributed by atoms with Crippen LogP contribution in [0.2, 0.25) is 0 Å². The van der Waals surface area contributed by atoms with Crippen molar-refractivity contribution >= 4 is 17.6 Å². The second-order valence-corrected chi connectivity index (χ2v) is 9.80. The van der Waals surface area contributed by atoms with Gasteiger partial charge in [0.05, 0.1) is 0 Å². The molecular weight excluding hydrogens is 444 g/mol. The topological polar surface area (TPSA) is 113 Å². The van der Waals surface area contributed by atoms with Crippen molar-refractivity contribution < 1.29 is 24.5 Å². The maximum absolute atomic E-state index is 9.55. The van der Waals surface area contributed by atoms with Crippen LogP contribution in [0.15, 0.2) is 42.5 Å². The molecule has 0 unspecified atom stereocenters. The van der Waals surface area contributed by atoms with Gasteiger partial charge in [-0.25, -0.2) is 9.59 Å². The Hall–Kier alpha value is -3.32. The zero-order chi connectivity index (χ0) is 25.8. The second-order valence-electron chi connectivity index (χ2n) is 9.80. The fraction of sp³-hybridized carbons (Fsp3) is 0.429. The van der Waals surface area contributed by atoms with E-state index in [0.29, 0.717) is 18.1 Å². The minimum absolute atomic E-state index is 0.155. The Bertz CT molecular complexity index is 1050. The van der Waals surface area contributed by atoms with Gasteiger partial charge in [-0.2, -0.15) is 0 Å². The minimum Gasteiger partial charge on any atom is -0.485 e. The molecule has 188 valence electrons. The molecule has 7 heteroatoms. The van der Waals surface area contributed by atoms with E-state index in [0.717, 1.165) is 37.5 Å². The fourth-order valence-corrected chi connectivity index (χ4v) is 5.07. The van der Waals surface area contributed by atoms with Gasteiger partial charge in [0, 0.05) is 36.4 Å². The maximum atomic E-state index is 9.55. The van der Waals surface area contributed by atoms with E-state index < -0.39 is 11.9 Å². The SMILES string of the molecule is Cc1c(C)c2c(c(C)c1N)C[C@@](C)(CN1CCC(c3ccccc3)CC1)O2.O=C(O)C=CC(=O)O. The van der Waals surface area contributed by atoms with Crippen LogP contribution in [0.4, 0.5) is 5.69 Å². The predicted octanol–water partition coefficient (Wildman–Crippen LogP) is 4.48. The van der Waals surface area contributed by atoms with E-state index in [-0.39, 0.29) is 5.60 Å². The van der Waals surface area contributed by atoms with E-state index >= 15 is 0 Å². The number of carboxylic acids is 2. The van der Waals surface area contributed by atoms with Gasteiger partial charge in [-0.1, -0.05) is 30.3 Å². The number of nitrogen functional groups attached to an aromatic ring is 1. The van der Waals surface area contributed by atoms with Crippen molar-refractivity contribution in [3.05, 3.63) is 70.3 Å². The number of ether oxygens (including phenoxy) is 1. The van der Waals surface area contributed by atoms with E-state index in [1.807, 2.05) is 0 Å². The highest BCUT2D eigenvalue weighted by molar-refractivity contribution is 5.89. The fourth-order valence-electron chi connectivity index (χ4n) is 5.07. The smallest absolute Gasteiger partial charge is 0.328 e. The molecule has 2 aliphatic heterocycles. The molecule has 2 aromatic carbocycles. The Morgan fingerprint density at radius 2 is 1.60 bits per heavy atom. The molecule has 1 atom stereocenters. The molecule has 2 aliphatic rings. The number of hydrogen-bond acceptors (Lipinski definition) is 5. The first-order chi connectivity index (χ1) is 16.5. The quantitative estimate of drug-likeness (QED) is 0.427. The summed E-state index contributed by atoms with van der Waals surface area (Å²) in [5, 5.41) is 15.6. The molecule has 35 heavy (non-hydrogen) atoms. The van der Waals surface area contributed by atoms with Gasteiger partial charge < -0.3 is 20.7 Å². The average Bonchev–Trinajstić information content (AvgIpc) is 3.19. The normalized spacial score (nSPS) is 20.1. The third-order valence-corrected chi connectivity index (χ3v) is 7.12. The zero-order valence-corrected chi connectivity index (χ0v) is 21.0. The monoisotopic (exact) mass is 480 g/mol. The first-order valence-corrected chi connectivity index (χ1v) is 12.0. The van der Waals surface area contributed by atoms with Crippen molar-refractivity contribution in [3.63, 3.8) is 0 Å². The van der Waals surface area contributed by atoms with E-state index in [4.69, 9.17) is 20.7 Å². The molecule has 4 rings (SSSR count). The number of piperidine rings is 1. The molecule has 1 saturated heterocycles. The molecule has 0 amide bonds. The third kappa shape index (κ3) is 6.42. The predicted molar refractivity (Wildman–Crippen MR) is 137 cm³/mol. The zero-order valence-electron chi connectivity index (χ0n) is 21.0. The first-order valence-electron chi connectivity index (χ1n) is 12.0. The summed E-state index contributed by atoms with van der Waals surface area (Å²) >= 11 is 0. The summed E-state index contributed by atoms with van der Waals surface area (Å²) in [5.41, 5.74) is 13.5. The summed E-state index contributed by atoms with van der Waals surface area (Å²) in [6, 6.07) is 11.0. The number of nitrogens with zero attached hydrogens (tertiary/aromatic N) is 1. The summed E-state index contributed by atoms with van der Waals surface area (Å²) in [5.74, 6) is -0.732. The molecule has 0 radical (unpaired) electrons. The average molecular weight is 481 g/mol. The Morgan fingerprint density at radius 1 is 1.03 bits per heavy atom. The van der Waals surface area contributed by atoms with Crippen molar-refractivity contribution in [1.29, 1.82) is 0 Å². The Balaban J connectivity index is 0.000000371. The molecule has 0 bridgehead atoms. The van der Waals surface area contributed by atoms with Crippen molar-refractivity contribution in [2.75, 3.05) is 25.4 Å². The number of carbonyl (C=O) groups is 2. The molecule has 1 fully saturated rings. The van der Waals surface area contributed by atoms with Gasteiger partial charge in [-0.15, -0.1) is 0 Å². The van der Waals surface area contributed by atoms with Crippen LogP contribution in [0, 0.1) is 20.8 Å². The van der Waals surface area contributed by atoms with E-state index in [1.165, 1.54) is 40.7 Å². The summed E-state index contributed by atoms with van der Waals surface area (Å²) < 4.78 is 6.56. The highest BCUT2D eigenvalue weighted by Crippen LogP contribution is 2.44. The number of benzene rings is 2. The van der Waals surface area contributed by atoms with Gasteiger partial charge in [0.15, 0.2) is 0 Å². The lowest BCUT2D eigenvalue weighted by Crippen LogP contribution is -2.47. The van der Waals surface area contributed by atoms with Gasteiger partial charge in [0.25, 0.3) is 0 Å². The number of carboxylic acid groups (broad SMARTS) is 2. The molecule has 0 aliphatic carbocycles. The van der Waals surface area contributed by atoms with Crippen LogP contribution in [-0.2, 0) is 16.0 Å². The third-order valence-electron chi connectivity index (χ3n) is 7.12. The molecule has 0 aromatic heterocycles. The molecule has 4 N–H and O–H groups in total. The van der Waals surface area contributed by atoms with Crippen molar-refractivity contribution in [2.45, 2.75) is 58.5 Å².